The molecule has 1 heterocycles. The van der Waals surface area contributed by atoms with E-state index in [1.807, 2.05) is 12.1 Å². The number of hydrogen-bond donors (Lipinski definition) is 2. The lowest BCUT2D eigenvalue weighted by Crippen LogP contribution is -2.40. The minimum atomic E-state index is -0.450. The second kappa shape index (κ2) is 7.62. The molecule has 0 aromatic heterocycles. The Balaban J connectivity index is 1.89. The highest BCUT2D eigenvalue weighted by molar-refractivity contribution is 5.56. The van der Waals surface area contributed by atoms with E-state index >= 15 is 0 Å². The Bertz CT molecular complexity index is 411. The first-order valence-corrected chi connectivity index (χ1v) is 7.57. The molecule has 4 heteroatoms. The third-order valence-corrected chi connectivity index (χ3v) is 3.77. The predicted octanol–water partition coefficient (Wildman–Crippen LogP) is 2.07. The summed E-state index contributed by atoms with van der Waals surface area (Å²) in [6.07, 6.45) is 2.65. The lowest BCUT2D eigenvalue weighted by Gasteiger charge is -2.35. The lowest BCUT2D eigenvalue weighted by atomic mass is 9.97. The van der Waals surface area contributed by atoms with Gasteiger partial charge < -0.3 is 20.5 Å². The topological polar surface area (TPSA) is 58.7 Å². The highest BCUT2D eigenvalue weighted by atomic mass is 16.5. The van der Waals surface area contributed by atoms with Crippen molar-refractivity contribution in [2.75, 3.05) is 31.2 Å². The second-order valence-corrected chi connectivity index (χ2v) is 5.48. The van der Waals surface area contributed by atoms with Gasteiger partial charge in [-0.2, -0.15) is 0 Å². The third kappa shape index (κ3) is 3.95. The molecule has 0 fully saturated rings. The number of nitrogens with two attached hydrogens (primary N) is 1. The van der Waals surface area contributed by atoms with E-state index in [9.17, 15) is 5.11 Å². The molecule has 2 atom stereocenters. The van der Waals surface area contributed by atoms with Crippen LogP contribution in [0.15, 0.2) is 24.3 Å². The Morgan fingerprint density at radius 3 is 3.05 bits per heavy atom. The summed E-state index contributed by atoms with van der Waals surface area (Å²) in [4.78, 5) is 2.21. The molecule has 2 unspecified atom stereocenters. The van der Waals surface area contributed by atoms with Gasteiger partial charge in [-0.3, -0.25) is 0 Å². The summed E-state index contributed by atoms with van der Waals surface area (Å²) in [7, 11) is 0. The fourth-order valence-corrected chi connectivity index (χ4v) is 2.62. The molecule has 3 N–H and O–H groups in total. The molecule has 0 spiro atoms. The number of aliphatic hydroxyl groups is 1. The van der Waals surface area contributed by atoms with Crippen LogP contribution in [0.3, 0.4) is 0 Å². The maximum Gasteiger partial charge on any atom is 0.0947 e. The first-order valence-electron chi connectivity index (χ1n) is 7.57. The van der Waals surface area contributed by atoms with Gasteiger partial charge in [0.1, 0.15) is 0 Å². The van der Waals surface area contributed by atoms with Crippen LogP contribution in [0.2, 0.25) is 0 Å². The Labute approximate surface area is 121 Å². The van der Waals surface area contributed by atoms with E-state index in [1.165, 1.54) is 5.56 Å². The Morgan fingerprint density at radius 2 is 2.25 bits per heavy atom. The fourth-order valence-electron chi connectivity index (χ4n) is 2.62. The van der Waals surface area contributed by atoms with Gasteiger partial charge in [0, 0.05) is 31.4 Å². The molecule has 4 nitrogen and oxygen atoms in total. The van der Waals surface area contributed by atoms with E-state index in [0.29, 0.717) is 13.2 Å². The van der Waals surface area contributed by atoms with Gasteiger partial charge >= 0.3 is 0 Å². The van der Waals surface area contributed by atoms with Gasteiger partial charge in [0.15, 0.2) is 0 Å². The molecule has 0 radical (unpaired) electrons. The van der Waals surface area contributed by atoms with E-state index in [2.05, 4.69) is 24.0 Å². The van der Waals surface area contributed by atoms with E-state index in [4.69, 9.17) is 10.5 Å². The Morgan fingerprint density at radius 1 is 1.45 bits per heavy atom. The minimum absolute atomic E-state index is 0.111. The fraction of sp³-hybridized carbons (Fsp3) is 0.625. The molecule has 1 aromatic rings. The van der Waals surface area contributed by atoms with Crippen molar-refractivity contribution in [3.05, 3.63) is 29.8 Å². The number of aliphatic hydroxyl groups excluding tert-OH is 1. The average Bonchev–Trinajstić information content (AvgIpc) is 2.47. The van der Waals surface area contributed by atoms with Crippen molar-refractivity contribution in [3.8, 4) is 0 Å². The summed E-state index contributed by atoms with van der Waals surface area (Å²) in [5.74, 6) is 0. The van der Waals surface area contributed by atoms with Gasteiger partial charge in [0.2, 0.25) is 0 Å². The van der Waals surface area contributed by atoms with Gasteiger partial charge in [-0.15, -0.1) is 0 Å². The molecule has 0 amide bonds. The van der Waals surface area contributed by atoms with Crippen LogP contribution in [0.4, 0.5) is 5.69 Å². The van der Waals surface area contributed by atoms with Crippen molar-refractivity contribution in [1.82, 2.24) is 0 Å². The monoisotopic (exact) mass is 278 g/mol. The number of hydrogen-bond acceptors (Lipinski definition) is 4. The molecule has 20 heavy (non-hydrogen) atoms. The van der Waals surface area contributed by atoms with E-state index in [0.717, 1.165) is 38.1 Å². The number of rotatable bonds is 7. The van der Waals surface area contributed by atoms with Gasteiger partial charge in [0.05, 0.1) is 12.7 Å². The lowest BCUT2D eigenvalue weighted by molar-refractivity contribution is 0.0390. The molecular weight excluding hydrogens is 252 g/mol. The maximum absolute atomic E-state index is 10.1. The number of benzene rings is 1. The molecule has 1 aliphatic rings. The number of ether oxygens (including phenoxy) is 1. The largest absolute Gasteiger partial charge is 0.389 e. The van der Waals surface area contributed by atoms with Crippen molar-refractivity contribution in [2.24, 2.45) is 5.73 Å². The zero-order valence-corrected chi connectivity index (χ0v) is 12.3. The van der Waals surface area contributed by atoms with Crippen molar-refractivity contribution >= 4 is 5.69 Å². The van der Waals surface area contributed by atoms with E-state index < -0.39 is 6.10 Å². The number of para-hydroxylation sites is 1. The highest BCUT2D eigenvalue weighted by Crippen LogP contribution is 2.31. The summed E-state index contributed by atoms with van der Waals surface area (Å²) < 4.78 is 5.49. The van der Waals surface area contributed by atoms with Crippen molar-refractivity contribution in [2.45, 2.75) is 38.3 Å². The molecule has 1 aliphatic heterocycles. The van der Waals surface area contributed by atoms with E-state index in [1.54, 1.807) is 0 Å². The van der Waals surface area contributed by atoms with Crippen LogP contribution in [-0.2, 0) is 4.74 Å². The summed E-state index contributed by atoms with van der Waals surface area (Å²) in [5.41, 5.74) is 8.47. The minimum Gasteiger partial charge on any atom is -0.389 e. The highest BCUT2D eigenvalue weighted by Gasteiger charge is 2.23. The normalized spacial score (nSPS) is 19.8. The third-order valence-electron chi connectivity index (χ3n) is 3.77. The zero-order chi connectivity index (χ0) is 14.4. The molecule has 2 rings (SSSR count). The summed E-state index contributed by atoms with van der Waals surface area (Å²) in [5, 5.41) is 10.1. The smallest absolute Gasteiger partial charge is 0.0947 e. The van der Waals surface area contributed by atoms with Crippen LogP contribution in [0.25, 0.3) is 0 Å². The SMILES string of the molecule is CCCCOCC(O)CN1CCC(N)c2ccccc21. The maximum atomic E-state index is 10.1. The standard InChI is InChI=1S/C16H26N2O2/c1-2-3-10-20-12-13(19)11-18-9-8-15(17)14-6-4-5-7-16(14)18/h4-7,13,15,19H,2-3,8-12,17H2,1H3. The summed E-state index contributed by atoms with van der Waals surface area (Å²) in [6.45, 7) is 4.77. The molecule has 0 aliphatic carbocycles. The quantitative estimate of drug-likeness (QED) is 0.750. The first-order chi connectivity index (χ1) is 9.72. The summed E-state index contributed by atoms with van der Waals surface area (Å²) in [6, 6.07) is 8.32. The van der Waals surface area contributed by atoms with Crippen LogP contribution >= 0.6 is 0 Å². The first kappa shape index (κ1) is 15.3. The number of nitrogens with zero attached hydrogens (tertiary/aromatic N) is 1. The van der Waals surface area contributed by atoms with Crippen LogP contribution in [-0.4, -0.2) is 37.5 Å². The predicted molar refractivity (Wildman–Crippen MR) is 81.9 cm³/mol. The number of fused-ring (bicyclic) bond motifs is 1. The number of anilines is 1. The van der Waals surface area contributed by atoms with Crippen LogP contribution in [0, 0.1) is 0 Å². The van der Waals surface area contributed by atoms with Crippen LogP contribution in [0.1, 0.15) is 37.8 Å². The van der Waals surface area contributed by atoms with Crippen molar-refractivity contribution in [3.63, 3.8) is 0 Å². The molecule has 0 bridgehead atoms. The van der Waals surface area contributed by atoms with Gasteiger partial charge in [-0.1, -0.05) is 31.5 Å². The number of unbranched alkanes of at least 4 members (excludes halogenated alkanes) is 1. The molecular formula is C16H26N2O2. The van der Waals surface area contributed by atoms with Gasteiger partial charge in [-0.05, 0) is 24.5 Å². The second-order valence-electron chi connectivity index (χ2n) is 5.48. The van der Waals surface area contributed by atoms with Crippen LogP contribution < -0.4 is 10.6 Å². The number of β-amino-alcohol motifs (C(OH)–C–C–N with tert-alkyl or cyclic N) is 1. The van der Waals surface area contributed by atoms with Gasteiger partial charge in [-0.25, -0.2) is 0 Å². The Kier molecular flexibility index (Phi) is 5.83. The molecule has 112 valence electrons. The molecule has 0 saturated heterocycles. The summed E-state index contributed by atoms with van der Waals surface area (Å²) >= 11 is 0. The van der Waals surface area contributed by atoms with Crippen molar-refractivity contribution < 1.29 is 9.84 Å². The zero-order valence-electron chi connectivity index (χ0n) is 12.3. The van der Waals surface area contributed by atoms with Crippen LogP contribution in [0.5, 0.6) is 0 Å². The average molecular weight is 278 g/mol. The van der Waals surface area contributed by atoms with Crippen molar-refractivity contribution in [1.29, 1.82) is 0 Å². The molecule has 1 aromatic carbocycles. The Hall–Kier alpha value is -1.10. The molecule has 0 saturated carbocycles. The van der Waals surface area contributed by atoms with Gasteiger partial charge in [0.25, 0.3) is 0 Å². The van der Waals surface area contributed by atoms with E-state index in [-0.39, 0.29) is 6.04 Å².